The Morgan fingerprint density at radius 3 is 0.532 bits per heavy atom. The summed E-state index contributed by atoms with van der Waals surface area (Å²) >= 11 is 0. The number of pyridine rings is 5. The van der Waals surface area contributed by atoms with Crippen LogP contribution in [0.3, 0.4) is 0 Å². The lowest BCUT2D eigenvalue weighted by molar-refractivity contribution is -0.669. The van der Waals surface area contributed by atoms with Gasteiger partial charge in [-0.1, -0.05) is 0 Å². The summed E-state index contributed by atoms with van der Waals surface area (Å²) in [6.45, 7) is 0. The molecule has 0 aliphatic carbocycles. The van der Waals surface area contributed by atoms with Gasteiger partial charge in [0.1, 0.15) is 0 Å². The summed E-state index contributed by atoms with van der Waals surface area (Å²) in [5.74, 6) is 0. The highest BCUT2D eigenvalue weighted by atomic mass is 32.2. The standard InChI is InChI=1S/C41H50N13.5CHF3O3S/c1-45(2)31-11-21-50(22-12-31)37-36(43-44-42)38(51-23-13-32(14-24-51)46(3)4)40(53-27-17-34(18-28-53)48(7)8)41(54-29-19-35(20-30-54)49(9)10)39(37)52-25-15-33(16-26-52)47(5)6;5*2-1(3,4)8(5,6)7/h11-30H,1-10H3;5*(H,5,6,7)/q+5;;;;;/p-5. The third kappa shape index (κ3) is 24.3. The highest BCUT2D eigenvalue weighted by Gasteiger charge is 2.49. The number of anilines is 5. The molecule has 0 aliphatic heterocycles. The number of rotatable bonds is 11. The summed E-state index contributed by atoms with van der Waals surface area (Å²) in [5.41, 5.74) is -8.27. The first-order valence-electron chi connectivity index (χ1n) is 24.0. The van der Waals surface area contributed by atoms with Crippen LogP contribution in [-0.4, -0.2) is 163 Å². The largest absolute Gasteiger partial charge is 0.741 e. The quantitative estimate of drug-likeness (QED) is 0.0325. The van der Waals surface area contributed by atoms with Crippen molar-refractivity contribution < 1.29 is 154 Å². The fourth-order valence-electron chi connectivity index (χ4n) is 6.36. The van der Waals surface area contributed by atoms with Gasteiger partial charge in [-0.25, -0.2) is 42.1 Å². The molecular weight excluding hydrogens is 1420 g/mol. The molecule has 1 aromatic carbocycles. The van der Waals surface area contributed by atoms with Crippen molar-refractivity contribution in [3.8, 4) is 28.4 Å². The van der Waals surface area contributed by atoms with Gasteiger partial charge in [-0.15, -0.1) is 0 Å². The topological polar surface area (TPSA) is 370 Å². The van der Waals surface area contributed by atoms with Crippen LogP contribution in [0, 0.1) is 0 Å². The Bertz CT molecular complexity index is 3800. The lowest BCUT2D eigenvalue weighted by Crippen LogP contribution is -2.50. The minimum atomic E-state index is -6.09. The van der Waals surface area contributed by atoms with Gasteiger partial charge in [0.25, 0.3) is 0 Å². The number of aromatic nitrogens is 5. The number of alkyl halides is 15. The van der Waals surface area contributed by atoms with Gasteiger partial charge in [0.2, 0.25) is 0 Å². The number of hydrogen-bond acceptors (Lipinski definition) is 21. The Morgan fingerprint density at radius 1 is 0.309 bits per heavy atom. The van der Waals surface area contributed by atoms with Crippen LogP contribution < -0.4 is 47.3 Å². The number of nitrogens with zero attached hydrogens (tertiary/aromatic N) is 13. The van der Waals surface area contributed by atoms with Crippen molar-refractivity contribution in [2.45, 2.75) is 27.5 Å². The van der Waals surface area contributed by atoms with Crippen molar-refractivity contribution >= 4 is 84.7 Å². The summed E-state index contributed by atoms with van der Waals surface area (Å²) in [6.07, 6.45) is 20.5. The van der Waals surface area contributed by atoms with Gasteiger partial charge in [0.15, 0.2) is 118 Å². The van der Waals surface area contributed by atoms with Crippen LogP contribution in [0.25, 0.3) is 38.9 Å². The highest BCUT2D eigenvalue weighted by Crippen LogP contribution is 2.38. The Kier molecular flexibility index (Phi) is 28.4. The van der Waals surface area contributed by atoms with E-state index in [2.05, 4.69) is 146 Å². The number of halogens is 15. The minimum absolute atomic E-state index is 0.454. The zero-order chi connectivity index (χ0) is 73.7. The van der Waals surface area contributed by atoms with Gasteiger partial charge in [-0.05, 0) is 10.6 Å². The van der Waals surface area contributed by atoms with Gasteiger partial charge in [-0.2, -0.15) is 88.7 Å². The Morgan fingerprint density at radius 2 is 0.426 bits per heavy atom. The third-order valence-corrected chi connectivity index (χ3v) is 13.7. The molecule has 0 fully saturated rings. The predicted molar refractivity (Wildman–Crippen MR) is 293 cm³/mol. The first-order valence-corrected chi connectivity index (χ1v) is 31.0. The molecule has 0 unspecified atom stereocenters. The smallest absolute Gasteiger partial charge is 0.485 e. The summed E-state index contributed by atoms with van der Waals surface area (Å²) in [4.78, 5) is 13.8. The van der Waals surface area contributed by atoms with Gasteiger partial charge in [0.05, 0.1) is 0 Å². The molecule has 5 aromatic heterocycles. The van der Waals surface area contributed by atoms with Crippen LogP contribution >= 0.6 is 0 Å². The first-order chi connectivity index (χ1) is 42.1. The molecule has 0 amide bonds. The predicted octanol–water partition coefficient (Wildman–Crippen LogP) is 4.60. The molecule has 0 aliphatic rings. The molecule has 524 valence electrons. The van der Waals surface area contributed by atoms with E-state index in [-0.39, 0.29) is 0 Å². The fraction of sp³-hybridized carbons (Fsp3) is 0.326. The molecule has 0 spiro atoms. The van der Waals surface area contributed by atoms with Gasteiger partial charge in [0, 0.05) is 164 Å². The zero-order valence-corrected chi connectivity index (χ0v) is 53.3. The van der Waals surface area contributed by atoms with Crippen molar-refractivity contribution in [2.75, 3.05) is 95.0 Å². The molecule has 94 heavy (non-hydrogen) atoms. The van der Waals surface area contributed by atoms with Crippen molar-refractivity contribution in [3.63, 3.8) is 0 Å². The van der Waals surface area contributed by atoms with Crippen molar-refractivity contribution in [1.29, 1.82) is 0 Å². The van der Waals surface area contributed by atoms with E-state index in [0.717, 1.165) is 45.5 Å². The molecule has 0 atom stereocenters. The maximum atomic E-state index is 10.7. The van der Waals surface area contributed by atoms with Crippen LogP contribution in [0.1, 0.15) is 0 Å². The van der Waals surface area contributed by atoms with E-state index in [0.29, 0.717) is 17.1 Å². The lowest BCUT2D eigenvalue weighted by atomic mass is 10.1. The summed E-state index contributed by atoms with van der Waals surface area (Å²) < 4.78 is 305. The number of hydrogen-bond donors (Lipinski definition) is 0. The van der Waals surface area contributed by atoms with Crippen molar-refractivity contribution in [1.82, 2.24) is 0 Å². The SMILES string of the molecule is CN(C)c1cc[n+](-c2c(N=[N+]=[N-])c(-[n+]3ccc(N(C)C)cc3)c(-[n+]3ccc(N(C)C)cc3)c(-[n+]3ccc(N(C)C)cc3)c2-[n+]2ccc(N(C)C)cc2)cc1.O=S(=O)([O-])C(F)(F)F.O=S(=O)([O-])C(F)(F)F.O=S(=O)([O-])C(F)(F)F.O=S(=O)([O-])C(F)(F)F.O=S(=O)([O-])C(F)(F)F. The number of azide groups is 1. The maximum absolute atomic E-state index is 10.7. The summed E-state index contributed by atoms with van der Waals surface area (Å²) in [6, 6.07) is 20.8. The van der Waals surface area contributed by atoms with Gasteiger partial charge in [-0.3, -0.25) is 0 Å². The fourth-order valence-corrected chi connectivity index (χ4v) is 6.36. The molecule has 28 nitrogen and oxygen atoms in total. The van der Waals surface area contributed by atoms with E-state index in [1.54, 1.807) is 0 Å². The molecule has 0 saturated carbocycles. The first kappa shape index (κ1) is 83.8. The Balaban J connectivity index is 0.000000885. The second-order valence-corrected chi connectivity index (χ2v) is 25.4. The van der Waals surface area contributed by atoms with Crippen molar-refractivity contribution in [2.24, 2.45) is 5.11 Å². The molecule has 48 heteroatoms. The summed E-state index contributed by atoms with van der Waals surface area (Å²) in [7, 11) is -10.2. The van der Waals surface area contributed by atoms with Crippen LogP contribution in [0.15, 0.2) is 128 Å². The van der Waals surface area contributed by atoms with E-state index in [9.17, 15) is 71.4 Å². The monoisotopic (exact) mass is 1470 g/mol. The normalized spacial score (nSPS) is 12.1. The third-order valence-electron chi connectivity index (χ3n) is 10.8. The molecule has 0 bridgehead atoms. The molecule has 0 saturated heterocycles. The van der Waals surface area contributed by atoms with Crippen LogP contribution in [-0.2, 0) is 50.6 Å². The average molecular weight is 1470 g/mol. The number of benzene rings is 1. The zero-order valence-electron chi connectivity index (χ0n) is 49.2. The summed E-state index contributed by atoms with van der Waals surface area (Å²) in [5, 5.41) is 4.57. The van der Waals surface area contributed by atoms with E-state index in [1.165, 1.54) is 0 Å². The van der Waals surface area contributed by atoms with E-state index < -0.39 is 78.1 Å². The van der Waals surface area contributed by atoms with E-state index in [4.69, 9.17) is 64.9 Å². The van der Waals surface area contributed by atoms with Crippen LogP contribution in [0.5, 0.6) is 0 Å². The Hall–Kier alpha value is -8.22. The molecule has 6 rings (SSSR count). The van der Waals surface area contributed by atoms with E-state index >= 15 is 0 Å². The molecule has 6 aromatic rings. The second-order valence-electron chi connectivity index (χ2n) is 18.6. The van der Waals surface area contributed by atoms with Crippen LogP contribution in [0.4, 0.5) is 100.0 Å². The molecule has 5 heterocycles. The second kappa shape index (κ2) is 31.8. The molecular formula is C46H50F15N13O15S5. The maximum Gasteiger partial charge on any atom is 0.485 e. The van der Waals surface area contributed by atoms with Gasteiger partial charge < -0.3 is 47.3 Å². The van der Waals surface area contributed by atoms with Gasteiger partial charge >= 0.3 is 56.0 Å². The van der Waals surface area contributed by atoms with Crippen LogP contribution in [0.2, 0.25) is 0 Å². The highest BCUT2D eigenvalue weighted by molar-refractivity contribution is 7.87. The molecule has 0 N–H and O–H groups in total. The average Bonchev–Trinajstić information content (AvgIpc) is 0.721. The lowest BCUT2D eigenvalue weighted by Gasteiger charge is -2.15. The molecule has 0 radical (unpaired) electrons. The minimum Gasteiger partial charge on any atom is -0.741 e. The Labute approximate surface area is 525 Å². The van der Waals surface area contributed by atoms with E-state index in [1.807, 2.05) is 104 Å². The van der Waals surface area contributed by atoms with Crippen molar-refractivity contribution in [3.05, 3.63) is 133 Å².